The van der Waals surface area contributed by atoms with Crippen LogP contribution in [-0.4, -0.2) is 76.2 Å². The second-order valence-electron chi connectivity index (χ2n) is 12.7. The molecule has 2 aliphatic heterocycles. The highest BCUT2D eigenvalue weighted by Gasteiger charge is 2.25. The maximum absolute atomic E-state index is 12.1. The summed E-state index contributed by atoms with van der Waals surface area (Å²) in [5, 5.41) is 0. The zero-order valence-corrected chi connectivity index (χ0v) is 29.2. The molecule has 4 aromatic rings. The predicted molar refractivity (Wildman–Crippen MR) is 199 cm³/mol. The number of carbonyl (C=O) groups excluding carboxylic acids is 2. The molecule has 2 unspecified atom stereocenters. The minimum absolute atomic E-state index is 0.0551. The highest BCUT2D eigenvalue weighted by atomic mass is 16.6. The lowest BCUT2D eigenvalue weighted by molar-refractivity contribution is 0.0468. The van der Waals surface area contributed by atoms with Crippen molar-refractivity contribution < 1.29 is 38.0 Å². The van der Waals surface area contributed by atoms with E-state index in [4.69, 9.17) is 28.4 Å². The van der Waals surface area contributed by atoms with Gasteiger partial charge in [0.2, 0.25) is 0 Å². The Morgan fingerprint density at radius 2 is 0.904 bits per heavy atom. The number of hydrogen-bond donors (Lipinski definition) is 0. The Morgan fingerprint density at radius 3 is 1.27 bits per heavy atom. The van der Waals surface area contributed by atoms with Crippen molar-refractivity contribution in [2.24, 2.45) is 9.98 Å². The molecule has 0 aliphatic carbocycles. The maximum atomic E-state index is 12.1. The summed E-state index contributed by atoms with van der Waals surface area (Å²) in [5.41, 5.74) is 4.46. The Kier molecular flexibility index (Phi) is 13.6. The summed E-state index contributed by atoms with van der Waals surface area (Å²) in [5.74, 6) is 0.979. The Hall–Kier alpha value is -5.32. The van der Waals surface area contributed by atoms with E-state index in [1.54, 1.807) is 36.7 Å². The summed E-state index contributed by atoms with van der Waals surface area (Å²) in [4.78, 5) is 33.2. The van der Waals surface area contributed by atoms with Crippen LogP contribution in [0, 0.1) is 0 Å². The fraction of sp³-hybridized carbons (Fsp3) is 0.333. The van der Waals surface area contributed by atoms with E-state index in [-0.39, 0.29) is 24.1 Å². The second-order valence-corrected chi connectivity index (χ2v) is 12.7. The van der Waals surface area contributed by atoms with Crippen molar-refractivity contribution in [1.82, 2.24) is 0 Å². The molecule has 2 atom stereocenters. The molecule has 270 valence electrons. The molecule has 0 amide bonds. The van der Waals surface area contributed by atoms with Crippen molar-refractivity contribution in [3.8, 4) is 11.5 Å². The first kappa shape index (κ1) is 36.5. The van der Waals surface area contributed by atoms with Crippen molar-refractivity contribution in [1.29, 1.82) is 0 Å². The highest BCUT2D eigenvalue weighted by Crippen LogP contribution is 2.21. The van der Waals surface area contributed by atoms with Gasteiger partial charge in [-0.15, -0.1) is 0 Å². The lowest BCUT2D eigenvalue weighted by Gasteiger charge is -2.07. The van der Waals surface area contributed by atoms with Crippen molar-refractivity contribution in [3.05, 3.63) is 119 Å². The quantitative estimate of drug-likeness (QED) is 0.0369. The number of unbranched alkanes of at least 4 members (excludes halogenated alkanes) is 5. The van der Waals surface area contributed by atoms with Crippen LogP contribution in [0.3, 0.4) is 0 Å². The van der Waals surface area contributed by atoms with Crippen LogP contribution in [-0.2, 0) is 18.9 Å². The summed E-state index contributed by atoms with van der Waals surface area (Å²) >= 11 is 0. The van der Waals surface area contributed by atoms with Crippen molar-refractivity contribution in [2.45, 2.75) is 50.7 Å². The molecule has 10 nitrogen and oxygen atoms in total. The Balaban J connectivity index is 0.774. The van der Waals surface area contributed by atoms with Gasteiger partial charge in [0.05, 0.1) is 48.9 Å². The Labute approximate surface area is 304 Å². The molecular weight excluding hydrogens is 660 g/mol. The van der Waals surface area contributed by atoms with Crippen LogP contribution in [0.1, 0.15) is 70.4 Å². The third-order valence-electron chi connectivity index (χ3n) is 8.37. The summed E-state index contributed by atoms with van der Waals surface area (Å²) in [7, 11) is 0. The lowest BCUT2D eigenvalue weighted by atomic mass is 10.1. The number of esters is 2. The highest BCUT2D eigenvalue weighted by molar-refractivity contribution is 5.92. The Morgan fingerprint density at radius 1 is 0.538 bits per heavy atom. The average Bonchev–Trinajstić information content (AvgIpc) is 4.13. The molecule has 2 saturated heterocycles. The first-order valence-corrected chi connectivity index (χ1v) is 17.9. The van der Waals surface area contributed by atoms with Gasteiger partial charge in [0.25, 0.3) is 0 Å². The van der Waals surface area contributed by atoms with Crippen LogP contribution in [0.15, 0.2) is 107 Å². The van der Waals surface area contributed by atoms with E-state index in [9.17, 15) is 9.59 Å². The fourth-order valence-corrected chi connectivity index (χ4v) is 5.09. The number of nitrogens with zero attached hydrogens (tertiary/aromatic N) is 2. The number of aliphatic imine (C=N–C) groups is 2. The van der Waals surface area contributed by atoms with Gasteiger partial charge in [0.1, 0.15) is 36.9 Å². The van der Waals surface area contributed by atoms with Crippen LogP contribution in [0.25, 0.3) is 0 Å². The Bertz CT molecular complexity index is 1630. The second kappa shape index (κ2) is 19.3. The SMILES string of the molecule is O=C(OCC1CO1)c1ccc(C=Nc2ccc(OCCCCCCCCOc3ccc(N=Cc4ccc(C(=O)OCC5CO5)cc4)cc3)cc2)cc1. The van der Waals surface area contributed by atoms with Gasteiger partial charge in [0, 0.05) is 12.4 Å². The number of benzene rings is 4. The molecule has 2 aliphatic rings. The molecule has 0 bridgehead atoms. The largest absolute Gasteiger partial charge is 0.494 e. The minimum atomic E-state index is -0.345. The van der Waals surface area contributed by atoms with Gasteiger partial charge in [-0.25, -0.2) is 9.59 Å². The van der Waals surface area contributed by atoms with Gasteiger partial charge in [-0.05, 0) is 96.8 Å². The number of hydrogen-bond acceptors (Lipinski definition) is 10. The summed E-state index contributed by atoms with van der Waals surface area (Å²) in [6, 6.07) is 29.8. The van der Waals surface area contributed by atoms with E-state index in [1.165, 1.54) is 12.8 Å². The molecule has 0 aromatic heterocycles. The minimum Gasteiger partial charge on any atom is -0.494 e. The number of rotatable bonds is 21. The molecule has 10 heteroatoms. The number of epoxide rings is 2. The van der Waals surface area contributed by atoms with E-state index in [1.807, 2.05) is 72.8 Å². The molecule has 4 aromatic carbocycles. The van der Waals surface area contributed by atoms with Crippen LogP contribution < -0.4 is 9.47 Å². The summed E-state index contributed by atoms with van der Waals surface area (Å²) in [6.07, 6.45) is 10.3. The van der Waals surface area contributed by atoms with Gasteiger partial charge < -0.3 is 28.4 Å². The van der Waals surface area contributed by atoms with Gasteiger partial charge in [0.15, 0.2) is 0 Å². The van der Waals surface area contributed by atoms with Gasteiger partial charge in [-0.1, -0.05) is 49.9 Å². The van der Waals surface area contributed by atoms with E-state index < -0.39 is 0 Å². The number of ether oxygens (including phenoxy) is 6. The standard InChI is InChI=1S/C42H44N2O8/c45-41(51-29-39-27-49-39)33-11-7-31(8-12-33)25-43-35-15-19-37(20-16-35)47-23-5-3-1-2-4-6-24-48-38-21-17-36(18-22-38)44-26-32-9-13-34(14-10-32)42(46)52-30-40-28-50-40/h7-22,25-26,39-40H,1-6,23-24,27-30H2. The summed E-state index contributed by atoms with van der Waals surface area (Å²) < 4.78 is 32.4. The smallest absolute Gasteiger partial charge is 0.338 e. The van der Waals surface area contributed by atoms with E-state index in [0.717, 1.165) is 59.7 Å². The third-order valence-corrected chi connectivity index (χ3v) is 8.37. The molecule has 52 heavy (non-hydrogen) atoms. The molecule has 0 radical (unpaired) electrons. The van der Waals surface area contributed by atoms with Crippen molar-refractivity contribution in [3.63, 3.8) is 0 Å². The lowest BCUT2D eigenvalue weighted by Crippen LogP contribution is -2.09. The molecule has 2 fully saturated rings. The normalized spacial score (nSPS) is 16.2. The monoisotopic (exact) mass is 704 g/mol. The fourth-order valence-electron chi connectivity index (χ4n) is 5.09. The first-order valence-electron chi connectivity index (χ1n) is 17.9. The first-order chi connectivity index (χ1) is 25.6. The van der Waals surface area contributed by atoms with Crippen molar-refractivity contribution >= 4 is 35.7 Å². The maximum Gasteiger partial charge on any atom is 0.338 e. The van der Waals surface area contributed by atoms with E-state index in [2.05, 4.69) is 9.98 Å². The summed E-state index contributed by atoms with van der Waals surface area (Å²) in [6.45, 7) is 3.30. The third kappa shape index (κ3) is 12.8. The molecular formula is C42H44N2O8. The van der Waals surface area contributed by atoms with Gasteiger partial charge in [-0.3, -0.25) is 9.98 Å². The van der Waals surface area contributed by atoms with Crippen LogP contribution in [0.4, 0.5) is 11.4 Å². The zero-order chi connectivity index (χ0) is 35.8. The predicted octanol–water partition coefficient (Wildman–Crippen LogP) is 8.10. The van der Waals surface area contributed by atoms with Crippen molar-refractivity contribution in [2.75, 3.05) is 39.6 Å². The molecule has 0 saturated carbocycles. The zero-order valence-electron chi connectivity index (χ0n) is 29.2. The van der Waals surface area contributed by atoms with Crippen LogP contribution in [0.5, 0.6) is 11.5 Å². The van der Waals surface area contributed by atoms with E-state index >= 15 is 0 Å². The number of carbonyl (C=O) groups is 2. The van der Waals surface area contributed by atoms with Crippen LogP contribution in [0.2, 0.25) is 0 Å². The molecule has 6 rings (SSSR count). The topological polar surface area (TPSA) is 121 Å². The van der Waals surface area contributed by atoms with E-state index in [0.29, 0.717) is 50.8 Å². The van der Waals surface area contributed by atoms with Gasteiger partial charge >= 0.3 is 11.9 Å². The molecule has 2 heterocycles. The van der Waals surface area contributed by atoms with Gasteiger partial charge in [-0.2, -0.15) is 0 Å². The van der Waals surface area contributed by atoms with Crippen LogP contribution >= 0.6 is 0 Å². The molecule has 0 spiro atoms. The molecule has 0 N–H and O–H groups in total. The average molecular weight is 705 g/mol.